The molecule has 0 aliphatic carbocycles. The van der Waals surface area contributed by atoms with Crippen molar-refractivity contribution >= 4 is 29.4 Å². The number of halogens is 1. The summed E-state index contributed by atoms with van der Waals surface area (Å²) in [4.78, 5) is 15.0. The van der Waals surface area contributed by atoms with Crippen molar-refractivity contribution in [2.75, 3.05) is 0 Å². The number of nitro benzene ring substituents is 1. The van der Waals surface area contributed by atoms with Crippen LogP contribution in [-0.2, 0) is 0 Å². The van der Waals surface area contributed by atoms with Crippen LogP contribution in [0.1, 0.15) is 22.3 Å². The van der Waals surface area contributed by atoms with E-state index in [2.05, 4.69) is 11.1 Å². The Morgan fingerprint density at radius 1 is 1.00 bits per heavy atom. The van der Waals surface area contributed by atoms with E-state index in [4.69, 9.17) is 16.0 Å². The van der Waals surface area contributed by atoms with Crippen LogP contribution in [0.4, 0.5) is 11.6 Å². The van der Waals surface area contributed by atoms with Crippen LogP contribution >= 0.6 is 11.6 Å². The van der Waals surface area contributed by atoms with E-state index in [0.29, 0.717) is 16.9 Å². The van der Waals surface area contributed by atoms with Crippen molar-refractivity contribution in [3.8, 4) is 28.5 Å². The van der Waals surface area contributed by atoms with Crippen molar-refractivity contribution in [2.45, 2.75) is 13.8 Å². The van der Waals surface area contributed by atoms with Crippen molar-refractivity contribution < 1.29 is 9.34 Å². The normalized spacial score (nSPS) is 11.0. The zero-order chi connectivity index (χ0) is 23.5. The number of furan rings is 1. The predicted octanol–water partition coefficient (Wildman–Crippen LogP) is 7.41. The van der Waals surface area contributed by atoms with Crippen molar-refractivity contribution in [3.63, 3.8) is 0 Å². The van der Waals surface area contributed by atoms with E-state index in [1.54, 1.807) is 6.07 Å². The number of hydrogen-bond donors (Lipinski definition) is 0. The van der Waals surface area contributed by atoms with Gasteiger partial charge in [-0.3, -0.25) is 10.1 Å². The quantitative estimate of drug-likeness (QED) is 0.178. The molecular formula is C26H18ClN3O3. The Bertz CT molecular complexity index is 1410. The van der Waals surface area contributed by atoms with E-state index in [-0.39, 0.29) is 22.2 Å². The second kappa shape index (κ2) is 9.11. The molecule has 33 heavy (non-hydrogen) atoms. The SMILES string of the molecule is Cc1ccc(-c2oc(N=Cc3ccc(Cl)c([N+](=O)[O-])c3)c(C#N)c2-c2ccc(C)cc2)cc1. The average molecular weight is 456 g/mol. The smallest absolute Gasteiger partial charge is 0.288 e. The number of benzene rings is 3. The van der Waals surface area contributed by atoms with Gasteiger partial charge in [-0.2, -0.15) is 5.26 Å². The van der Waals surface area contributed by atoms with E-state index in [1.165, 1.54) is 18.3 Å². The first kappa shape index (κ1) is 22.0. The molecule has 3 aromatic carbocycles. The molecule has 6 nitrogen and oxygen atoms in total. The fraction of sp³-hybridized carbons (Fsp3) is 0.0769. The van der Waals surface area contributed by atoms with Gasteiger partial charge in [-0.05, 0) is 31.0 Å². The molecule has 0 radical (unpaired) electrons. The maximum absolute atomic E-state index is 11.2. The maximum Gasteiger partial charge on any atom is 0.288 e. The molecule has 0 atom stereocenters. The summed E-state index contributed by atoms with van der Waals surface area (Å²) in [6.07, 6.45) is 1.42. The highest BCUT2D eigenvalue weighted by Crippen LogP contribution is 2.42. The van der Waals surface area contributed by atoms with Crippen molar-refractivity contribution in [2.24, 2.45) is 4.99 Å². The Morgan fingerprint density at radius 2 is 1.61 bits per heavy atom. The fourth-order valence-corrected chi connectivity index (χ4v) is 3.59. The highest BCUT2D eigenvalue weighted by molar-refractivity contribution is 6.32. The number of nitrogens with zero attached hydrogens (tertiary/aromatic N) is 3. The largest absolute Gasteiger partial charge is 0.436 e. The summed E-state index contributed by atoms with van der Waals surface area (Å²) in [5, 5.41) is 21.2. The van der Waals surface area contributed by atoms with Crippen LogP contribution in [0.15, 0.2) is 76.1 Å². The monoisotopic (exact) mass is 455 g/mol. The molecule has 0 bridgehead atoms. The summed E-state index contributed by atoms with van der Waals surface area (Å²) in [6.45, 7) is 3.99. The van der Waals surface area contributed by atoms with Gasteiger partial charge >= 0.3 is 0 Å². The zero-order valence-corrected chi connectivity index (χ0v) is 18.6. The molecule has 0 spiro atoms. The number of nitro groups is 1. The Kier molecular flexibility index (Phi) is 6.07. The summed E-state index contributed by atoms with van der Waals surface area (Å²) in [5.74, 6) is 0.658. The first-order valence-corrected chi connectivity index (χ1v) is 10.4. The minimum Gasteiger partial charge on any atom is -0.436 e. The predicted molar refractivity (Wildman–Crippen MR) is 129 cm³/mol. The van der Waals surface area contributed by atoms with Gasteiger partial charge in [0, 0.05) is 23.4 Å². The Hall–Kier alpha value is -4.21. The molecule has 7 heteroatoms. The maximum atomic E-state index is 11.2. The van der Waals surface area contributed by atoms with Crippen LogP contribution in [-0.4, -0.2) is 11.1 Å². The molecule has 0 saturated carbocycles. The molecule has 4 aromatic rings. The van der Waals surface area contributed by atoms with Crippen molar-refractivity contribution in [3.05, 3.63) is 104 Å². The molecule has 4 rings (SSSR count). The van der Waals surface area contributed by atoms with Gasteiger partial charge in [0.25, 0.3) is 5.69 Å². The lowest BCUT2D eigenvalue weighted by Gasteiger charge is -2.05. The van der Waals surface area contributed by atoms with Gasteiger partial charge in [-0.1, -0.05) is 77.3 Å². The minimum atomic E-state index is -0.557. The third-order valence-corrected chi connectivity index (χ3v) is 5.47. The van der Waals surface area contributed by atoms with Gasteiger partial charge in [0.15, 0.2) is 0 Å². The van der Waals surface area contributed by atoms with Crippen LogP contribution < -0.4 is 0 Å². The molecule has 1 aromatic heterocycles. The standard InChI is InChI=1S/C26H18ClN3O3/c1-16-3-8-19(9-4-16)24-21(14-28)26(33-25(24)20-10-5-17(2)6-11-20)29-15-18-7-12-22(27)23(13-18)30(31)32/h3-13,15H,1-2H3. The Balaban J connectivity index is 1.86. The van der Waals surface area contributed by atoms with Gasteiger partial charge in [-0.25, -0.2) is 4.99 Å². The zero-order valence-electron chi connectivity index (χ0n) is 17.9. The van der Waals surface area contributed by atoms with Crippen LogP contribution in [0, 0.1) is 35.3 Å². The van der Waals surface area contributed by atoms with Crippen LogP contribution in [0.5, 0.6) is 0 Å². The lowest BCUT2D eigenvalue weighted by Crippen LogP contribution is -1.91. The summed E-state index contributed by atoms with van der Waals surface area (Å²) in [6, 6.07) is 22.2. The first-order valence-electron chi connectivity index (χ1n) is 10.1. The summed E-state index contributed by atoms with van der Waals surface area (Å²) >= 11 is 5.89. The molecule has 0 unspecified atom stereocenters. The highest BCUT2D eigenvalue weighted by atomic mass is 35.5. The van der Waals surface area contributed by atoms with E-state index in [9.17, 15) is 15.4 Å². The third-order valence-electron chi connectivity index (χ3n) is 5.15. The lowest BCUT2D eigenvalue weighted by atomic mass is 9.97. The van der Waals surface area contributed by atoms with E-state index in [1.807, 2.05) is 62.4 Å². The molecule has 0 aliphatic rings. The molecule has 0 aliphatic heterocycles. The molecule has 0 fully saturated rings. The van der Waals surface area contributed by atoms with Crippen molar-refractivity contribution in [1.82, 2.24) is 0 Å². The summed E-state index contributed by atoms with van der Waals surface area (Å²) in [5.41, 5.74) is 5.02. The molecule has 0 saturated heterocycles. The first-order chi connectivity index (χ1) is 15.9. The van der Waals surface area contributed by atoms with E-state index >= 15 is 0 Å². The number of nitriles is 1. The summed E-state index contributed by atoms with van der Waals surface area (Å²) < 4.78 is 6.09. The number of aliphatic imine (C=N–C) groups is 1. The average Bonchev–Trinajstić information content (AvgIpc) is 3.17. The molecule has 1 heterocycles. The van der Waals surface area contributed by atoms with E-state index < -0.39 is 4.92 Å². The topological polar surface area (TPSA) is 92.4 Å². The molecule has 162 valence electrons. The molecule has 0 N–H and O–H groups in total. The lowest BCUT2D eigenvalue weighted by molar-refractivity contribution is -0.384. The number of aryl methyl sites for hydroxylation is 2. The third kappa shape index (κ3) is 4.54. The number of rotatable bonds is 5. The summed E-state index contributed by atoms with van der Waals surface area (Å²) in [7, 11) is 0. The van der Waals surface area contributed by atoms with Crippen LogP contribution in [0.2, 0.25) is 5.02 Å². The number of hydrogen-bond acceptors (Lipinski definition) is 5. The van der Waals surface area contributed by atoms with Gasteiger partial charge in [0.05, 0.1) is 4.92 Å². The van der Waals surface area contributed by atoms with Gasteiger partial charge in [0.2, 0.25) is 5.88 Å². The van der Waals surface area contributed by atoms with Gasteiger partial charge in [0.1, 0.15) is 22.4 Å². The fourth-order valence-electron chi connectivity index (χ4n) is 3.40. The molecule has 0 amide bonds. The Morgan fingerprint density at radius 3 is 2.18 bits per heavy atom. The Labute approximate surface area is 195 Å². The van der Waals surface area contributed by atoms with Crippen LogP contribution in [0.3, 0.4) is 0 Å². The van der Waals surface area contributed by atoms with Gasteiger partial charge < -0.3 is 4.42 Å². The molecular weight excluding hydrogens is 438 g/mol. The second-order valence-electron chi connectivity index (χ2n) is 7.56. The van der Waals surface area contributed by atoms with E-state index in [0.717, 1.165) is 22.3 Å². The minimum absolute atomic E-state index is 0.0381. The second-order valence-corrected chi connectivity index (χ2v) is 7.96. The van der Waals surface area contributed by atoms with Crippen LogP contribution in [0.25, 0.3) is 22.5 Å². The van der Waals surface area contributed by atoms with Crippen molar-refractivity contribution in [1.29, 1.82) is 5.26 Å². The highest BCUT2D eigenvalue weighted by Gasteiger charge is 2.23. The van der Waals surface area contributed by atoms with Gasteiger partial charge in [-0.15, -0.1) is 0 Å².